The summed E-state index contributed by atoms with van der Waals surface area (Å²) < 4.78 is 45.4. The van der Waals surface area contributed by atoms with Crippen LogP contribution in [0.3, 0.4) is 0 Å². The molecule has 1 unspecified atom stereocenters. The Hall–Kier alpha value is -4.23. The van der Waals surface area contributed by atoms with E-state index in [2.05, 4.69) is 36.5 Å². The van der Waals surface area contributed by atoms with Crippen molar-refractivity contribution >= 4 is 59.5 Å². The first-order valence-corrected chi connectivity index (χ1v) is 17.7. The van der Waals surface area contributed by atoms with Gasteiger partial charge in [-0.2, -0.15) is 0 Å². The molecule has 0 spiro atoms. The van der Waals surface area contributed by atoms with Crippen LogP contribution in [0.4, 0.5) is 15.9 Å². The number of benzene rings is 4. The smallest absolute Gasteiger partial charge is 0.179 e. The number of nitrogens with zero attached hydrogens (tertiary/aromatic N) is 3. The van der Waals surface area contributed by atoms with Crippen molar-refractivity contribution in [2.45, 2.75) is 24.5 Å². The van der Waals surface area contributed by atoms with Crippen molar-refractivity contribution in [3.63, 3.8) is 0 Å². The SMILES string of the molecule is CC(NCCS(=O)(=O)c1ccccc1)c1nc(-c2ccc3ncnc(Nc4ccc(OCc5cccc(F)c5)c(Br)c4)c3c2)cs1. The molecule has 0 saturated heterocycles. The number of thiazole rings is 1. The molecule has 6 rings (SSSR count). The third-order valence-corrected chi connectivity index (χ3v) is 10.6. The first kappa shape index (κ1) is 31.7. The molecule has 234 valence electrons. The molecular weight excluding hydrogens is 689 g/mol. The molecule has 0 radical (unpaired) electrons. The maximum Gasteiger partial charge on any atom is 0.179 e. The van der Waals surface area contributed by atoms with Crippen molar-refractivity contribution in [3.8, 4) is 17.0 Å². The molecule has 1 atom stereocenters. The fourth-order valence-corrected chi connectivity index (χ4v) is 7.34. The summed E-state index contributed by atoms with van der Waals surface area (Å²) in [4.78, 5) is 14.1. The van der Waals surface area contributed by atoms with Crippen molar-refractivity contribution < 1.29 is 17.5 Å². The molecule has 12 heteroatoms. The first-order chi connectivity index (χ1) is 22.2. The number of halogens is 2. The van der Waals surface area contributed by atoms with Crippen LogP contribution >= 0.6 is 27.3 Å². The van der Waals surface area contributed by atoms with E-state index in [1.165, 1.54) is 29.8 Å². The maximum atomic E-state index is 13.5. The first-order valence-electron chi connectivity index (χ1n) is 14.4. The molecule has 46 heavy (non-hydrogen) atoms. The third kappa shape index (κ3) is 7.59. The Morgan fingerprint density at radius 2 is 1.83 bits per heavy atom. The lowest BCUT2D eigenvalue weighted by Gasteiger charge is -2.12. The van der Waals surface area contributed by atoms with Crippen LogP contribution < -0.4 is 15.4 Å². The van der Waals surface area contributed by atoms with Gasteiger partial charge in [-0.25, -0.2) is 27.8 Å². The summed E-state index contributed by atoms with van der Waals surface area (Å²) in [6.07, 6.45) is 1.52. The lowest BCUT2D eigenvalue weighted by Crippen LogP contribution is -2.25. The summed E-state index contributed by atoms with van der Waals surface area (Å²) in [6, 6.07) is 26.2. The highest BCUT2D eigenvalue weighted by molar-refractivity contribution is 9.10. The molecule has 2 N–H and O–H groups in total. The van der Waals surface area contributed by atoms with Crippen molar-refractivity contribution in [2.75, 3.05) is 17.6 Å². The van der Waals surface area contributed by atoms with Crippen LogP contribution in [0, 0.1) is 5.82 Å². The number of ether oxygens (including phenoxy) is 1. The van der Waals surface area contributed by atoms with E-state index in [1.807, 2.05) is 54.8 Å². The predicted octanol–water partition coefficient (Wildman–Crippen LogP) is 8.10. The summed E-state index contributed by atoms with van der Waals surface area (Å²) in [5.74, 6) is 0.968. The molecule has 0 fully saturated rings. The number of hydrogen-bond acceptors (Lipinski definition) is 9. The monoisotopic (exact) mass is 717 g/mol. The summed E-state index contributed by atoms with van der Waals surface area (Å²) >= 11 is 5.10. The number of fused-ring (bicyclic) bond motifs is 1. The number of anilines is 2. The Morgan fingerprint density at radius 3 is 2.63 bits per heavy atom. The van der Waals surface area contributed by atoms with Crippen LogP contribution in [0.5, 0.6) is 5.75 Å². The molecule has 0 saturated carbocycles. The van der Waals surface area contributed by atoms with E-state index < -0.39 is 9.84 Å². The van der Waals surface area contributed by atoms with Gasteiger partial charge in [-0.3, -0.25) is 0 Å². The van der Waals surface area contributed by atoms with Crippen molar-refractivity contribution in [1.82, 2.24) is 20.3 Å². The molecule has 2 heterocycles. The largest absolute Gasteiger partial charge is 0.488 e. The average Bonchev–Trinajstić information content (AvgIpc) is 3.56. The number of aromatic nitrogens is 3. The Bertz CT molecular complexity index is 2090. The average molecular weight is 719 g/mol. The van der Waals surface area contributed by atoms with Gasteiger partial charge in [0, 0.05) is 28.6 Å². The van der Waals surface area contributed by atoms with Crippen LogP contribution in [-0.4, -0.2) is 35.7 Å². The van der Waals surface area contributed by atoms with Gasteiger partial charge in [0.15, 0.2) is 9.84 Å². The molecule has 6 aromatic rings. The van der Waals surface area contributed by atoms with Gasteiger partial charge in [-0.1, -0.05) is 36.4 Å². The van der Waals surface area contributed by atoms with Crippen LogP contribution in [0.2, 0.25) is 0 Å². The van der Waals surface area contributed by atoms with Gasteiger partial charge >= 0.3 is 0 Å². The van der Waals surface area contributed by atoms with E-state index in [9.17, 15) is 12.8 Å². The Labute approximate surface area is 278 Å². The summed E-state index contributed by atoms with van der Waals surface area (Å²) in [5, 5.41) is 10.4. The number of rotatable bonds is 12. The molecular formula is C34H29BrFN5O3S2. The minimum absolute atomic E-state index is 0.00126. The molecule has 4 aromatic carbocycles. The number of nitrogens with one attached hydrogen (secondary N) is 2. The van der Waals surface area contributed by atoms with Gasteiger partial charge in [-0.15, -0.1) is 11.3 Å². The second kappa shape index (κ2) is 14.0. The number of hydrogen-bond donors (Lipinski definition) is 2. The van der Waals surface area contributed by atoms with E-state index >= 15 is 0 Å². The molecule has 0 aliphatic heterocycles. The molecule has 8 nitrogen and oxygen atoms in total. The molecule has 2 aromatic heterocycles. The molecule has 0 amide bonds. The highest BCUT2D eigenvalue weighted by Gasteiger charge is 2.17. The standard InChI is InChI=1S/C34H29BrFN5O3S2/c1-22(37-14-15-46(42,43)27-8-3-2-4-9-27)34-41-31(20-45-34)24-10-12-30-28(17-24)33(39-21-38-30)40-26-11-13-32(29(35)18-26)44-19-23-6-5-7-25(36)16-23/h2-13,16-18,20-22,37H,14-15,19H2,1H3,(H,38,39,40). The summed E-state index contributed by atoms with van der Waals surface area (Å²) in [7, 11) is -3.36. The zero-order valence-corrected chi connectivity index (χ0v) is 27.9. The Balaban J connectivity index is 1.13. The van der Waals surface area contributed by atoms with Crippen molar-refractivity contribution in [2.24, 2.45) is 0 Å². The van der Waals surface area contributed by atoms with E-state index in [4.69, 9.17) is 9.72 Å². The van der Waals surface area contributed by atoms with E-state index in [1.54, 1.807) is 36.4 Å². The normalized spacial score (nSPS) is 12.2. The highest BCUT2D eigenvalue weighted by Crippen LogP contribution is 2.33. The second-order valence-corrected chi connectivity index (χ2v) is 14.4. The minimum Gasteiger partial charge on any atom is -0.488 e. The maximum absolute atomic E-state index is 13.5. The van der Waals surface area contributed by atoms with E-state index in [-0.39, 0.29) is 24.2 Å². The summed E-state index contributed by atoms with van der Waals surface area (Å²) in [5.41, 5.74) is 4.03. The topological polar surface area (TPSA) is 106 Å². The van der Waals surface area contributed by atoms with Gasteiger partial charge in [0.1, 0.15) is 35.3 Å². The highest BCUT2D eigenvalue weighted by atomic mass is 79.9. The Kier molecular flexibility index (Phi) is 9.69. The van der Waals surface area contributed by atoms with Gasteiger partial charge in [-0.05, 0) is 83.0 Å². The van der Waals surface area contributed by atoms with Crippen molar-refractivity contribution in [3.05, 3.63) is 124 Å². The lowest BCUT2D eigenvalue weighted by atomic mass is 10.1. The lowest BCUT2D eigenvalue weighted by molar-refractivity contribution is 0.303. The van der Waals surface area contributed by atoms with Gasteiger partial charge in [0.25, 0.3) is 0 Å². The molecule has 0 bridgehead atoms. The van der Waals surface area contributed by atoms with Gasteiger partial charge in [0.2, 0.25) is 0 Å². The fourth-order valence-electron chi connectivity index (χ4n) is 4.80. The minimum atomic E-state index is -3.36. The fraction of sp³-hybridized carbons (Fsp3) is 0.147. The predicted molar refractivity (Wildman–Crippen MR) is 184 cm³/mol. The zero-order valence-electron chi connectivity index (χ0n) is 24.7. The van der Waals surface area contributed by atoms with E-state index in [0.29, 0.717) is 23.0 Å². The zero-order chi connectivity index (χ0) is 32.1. The number of sulfone groups is 1. The molecule has 0 aliphatic carbocycles. The van der Waals surface area contributed by atoms with Crippen LogP contribution in [0.25, 0.3) is 22.2 Å². The third-order valence-electron chi connectivity index (χ3n) is 7.23. The van der Waals surface area contributed by atoms with Crippen molar-refractivity contribution in [1.29, 1.82) is 0 Å². The summed E-state index contributed by atoms with van der Waals surface area (Å²) in [6.45, 7) is 2.53. The van der Waals surface area contributed by atoms with E-state index in [0.717, 1.165) is 42.9 Å². The van der Waals surface area contributed by atoms with Crippen LogP contribution in [0.1, 0.15) is 23.5 Å². The van der Waals surface area contributed by atoms with Crippen LogP contribution in [-0.2, 0) is 16.4 Å². The second-order valence-electron chi connectivity index (χ2n) is 10.5. The quantitative estimate of drug-likeness (QED) is 0.131. The van der Waals surface area contributed by atoms with Crippen LogP contribution in [0.15, 0.2) is 112 Å². The molecule has 0 aliphatic rings. The van der Waals surface area contributed by atoms with Gasteiger partial charge in [0.05, 0.1) is 32.4 Å². The Morgan fingerprint density at radius 1 is 0.978 bits per heavy atom. The van der Waals surface area contributed by atoms with Gasteiger partial charge < -0.3 is 15.4 Å².